The zero-order valence-corrected chi connectivity index (χ0v) is 23.4. The van der Waals surface area contributed by atoms with Crippen molar-refractivity contribution in [2.45, 2.75) is 6.92 Å². The lowest BCUT2D eigenvalue weighted by atomic mass is 10.2. The Morgan fingerprint density at radius 2 is 1.59 bits per heavy atom. The van der Waals surface area contributed by atoms with Crippen molar-refractivity contribution in [3.05, 3.63) is 73.3 Å². The molecule has 6 rings (SSSR count). The second-order valence-electron chi connectivity index (χ2n) is 9.72. The second-order valence-corrected chi connectivity index (χ2v) is 9.72. The summed E-state index contributed by atoms with van der Waals surface area (Å²) in [5, 5.41) is 6.82. The summed E-state index contributed by atoms with van der Waals surface area (Å²) in [6.07, 6.45) is 5.03. The largest absolute Gasteiger partial charge is 0.497 e. The number of pyridine rings is 1. The number of hydrogen-bond donors (Lipinski definition) is 2. The van der Waals surface area contributed by atoms with Crippen LogP contribution >= 0.6 is 0 Å². The number of rotatable bonds is 9. The van der Waals surface area contributed by atoms with Crippen molar-refractivity contribution in [3.8, 4) is 17.3 Å². The number of fused-ring (bicyclic) bond motifs is 1. The molecule has 1 aliphatic heterocycles. The molecule has 41 heavy (non-hydrogen) atoms. The van der Waals surface area contributed by atoms with Crippen LogP contribution in [0, 0.1) is 0 Å². The Morgan fingerprint density at radius 3 is 2.29 bits per heavy atom. The number of benzene rings is 2. The van der Waals surface area contributed by atoms with E-state index in [2.05, 4.69) is 66.6 Å². The highest BCUT2D eigenvalue weighted by atomic mass is 16.5. The first-order valence-electron chi connectivity index (χ1n) is 13.6. The van der Waals surface area contributed by atoms with Gasteiger partial charge in [0.2, 0.25) is 5.95 Å². The third-order valence-electron chi connectivity index (χ3n) is 7.27. The van der Waals surface area contributed by atoms with Crippen molar-refractivity contribution in [1.29, 1.82) is 0 Å². The minimum atomic E-state index is 0.570. The van der Waals surface area contributed by atoms with E-state index in [-0.39, 0.29) is 0 Å². The van der Waals surface area contributed by atoms with Crippen LogP contribution in [0.4, 0.5) is 28.8 Å². The monoisotopic (exact) mass is 551 g/mol. The van der Waals surface area contributed by atoms with Gasteiger partial charge in [-0.05, 0) is 36.9 Å². The Bertz CT molecular complexity index is 1610. The van der Waals surface area contributed by atoms with Crippen LogP contribution in [0.1, 0.15) is 6.92 Å². The van der Waals surface area contributed by atoms with Crippen LogP contribution in [0.5, 0.6) is 11.5 Å². The molecule has 0 atom stereocenters. The van der Waals surface area contributed by atoms with E-state index in [1.165, 1.54) is 5.69 Å². The van der Waals surface area contributed by atoms with E-state index in [4.69, 9.17) is 14.5 Å². The molecule has 3 aromatic heterocycles. The van der Waals surface area contributed by atoms with Crippen molar-refractivity contribution in [3.63, 3.8) is 0 Å². The van der Waals surface area contributed by atoms with Crippen LogP contribution < -0.4 is 25.0 Å². The van der Waals surface area contributed by atoms with Crippen molar-refractivity contribution in [2.75, 3.05) is 62.5 Å². The molecular weight excluding hydrogens is 518 g/mol. The molecule has 2 aromatic carbocycles. The Labute approximate surface area is 238 Å². The lowest BCUT2D eigenvalue weighted by Gasteiger charge is -2.35. The van der Waals surface area contributed by atoms with Crippen molar-refractivity contribution < 1.29 is 9.47 Å². The fourth-order valence-corrected chi connectivity index (χ4v) is 5.01. The number of likely N-dealkylation sites (N-methyl/N-ethyl adjacent to an activating group) is 1. The standard InChI is InChI=1S/C30H33N9O2/c1-4-37-11-13-38(14-12-37)23-7-5-21(6-8-23)34-28-18-29(33-20-32-28)39-27-19-31-10-9-26(27)36-30(39)35-22-15-24(40-2)17-25(16-22)41-3/h5-10,15-20H,4,11-14H2,1-3H3,(H,35,36)(H,32,33,34). The van der Waals surface area contributed by atoms with Crippen LogP contribution in [0.25, 0.3) is 16.9 Å². The maximum absolute atomic E-state index is 5.44. The summed E-state index contributed by atoms with van der Waals surface area (Å²) in [6, 6.07) is 17.8. The van der Waals surface area contributed by atoms with E-state index in [0.717, 1.165) is 55.1 Å². The van der Waals surface area contributed by atoms with E-state index in [9.17, 15) is 0 Å². The molecule has 210 valence electrons. The van der Waals surface area contributed by atoms with Crippen molar-refractivity contribution in [2.24, 2.45) is 0 Å². The molecule has 1 fully saturated rings. The van der Waals surface area contributed by atoms with Gasteiger partial charge in [0, 0.05) is 73.7 Å². The van der Waals surface area contributed by atoms with Crippen LogP contribution in [0.2, 0.25) is 0 Å². The van der Waals surface area contributed by atoms with Crippen molar-refractivity contribution >= 4 is 39.9 Å². The lowest BCUT2D eigenvalue weighted by molar-refractivity contribution is 0.271. The third-order valence-corrected chi connectivity index (χ3v) is 7.27. The molecule has 0 bridgehead atoms. The Hall–Kier alpha value is -4.90. The van der Waals surface area contributed by atoms with Gasteiger partial charge in [0.05, 0.1) is 31.4 Å². The molecule has 0 spiro atoms. The van der Waals surface area contributed by atoms with E-state index in [1.54, 1.807) is 32.9 Å². The zero-order chi connectivity index (χ0) is 28.2. The van der Waals surface area contributed by atoms with E-state index >= 15 is 0 Å². The maximum atomic E-state index is 5.44. The first kappa shape index (κ1) is 26.3. The summed E-state index contributed by atoms with van der Waals surface area (Å²) in [5.74, 6) is 3.21. The molecule has 0 aliphatic carbocycles. The number of piperazine rings is 1. The number of nitrogens with zero attached hydrogens (tertiary/aromatic N) is 7. The van der Waals surface area contributed by atoms with Gasteiger partial charge < -0.3 is 29.9 Å². The predicted molar refractivity (Wildman–Crippen MR) is 161 cm³/mol. The summed E-state index contributed by atoms with van der Waals surface area (Å²) in [7, 11) is 3.24. The number of aromatic nitrogens is 5. The second kappa shape index (κ2) is 11.7. The van der Waals surface area contributed by atoms with Gasteiger partial charge in [-0.3, -0.25) is 9.55 Å². The van der Waals surface area contributed by atoms with E-state index in [0.29, 0.717) is 29.1 Å². The molecule has 0 amide bonds. The molecule has 11 heteroatoms. The quantitative estimate of drug-likeness (QED) is 0.264. The average Bonchev–Trinajstić information content (AvgIpc) is 3.39. The summed E-state index contributed by atoms with van der Waals surface area (Å²) in [5.41, 5.74) is 4.53. The number of methoxy groups -OCH3 is 2. The Morgan fingerprint density at radius 1 is 0.829 bits per heavy atom. The molecule has 2 N–H and O–H groups in total. The molecule has 11 nitrogen and oxygen atoms in total. The first-order valence-corrected chi connectivity index (χ1v) is 13.6. The smallest absolute Gasteiger partial charge is 0.214 e. The van der Waals surface area contributed by atoms with Gasteiger partial charge >= 0.3 is 0 Å². The number of anilines is 5. The number of hydrogen-bond acceptors (Lipinski definition) is 10. The predicted octanol–water partition coefficient (Wildman–Crippen LogP) is 4.86. The summed E-state index contributed by atoms with van der Waals surface area (Å²) in [4.78, 5) is 23.1. The molecule has 1 aliphatic rings. The zero-order valence-electron chi connectivity index (χ0n) is 23.4. The minimum absolute atomic E-state index is 0.570. The molecule has 0 saturated carbocycles. The van der Waals surface area contributed by atoms with Crippen molar-refractivity contribution in [1.82, 2.24) is 29.4 Å². The van der Waals surface area contributed by atoms with Gasteiger partial charge in [-0.15, -0.1) is 0 Å². The number of ether oxygens (including phenoxy) is 2. The maximum Gasteiger partial charge on any atom is 0.214 e. The molecule has 4 heterocycles. The van der Waals surface area contributed by atoms with Gasteiger partial charge in [-0.25, -0.2) is 15.0 Å². The molecule has 0 radical (unpaired) electrons. The number of imidazole rings is 1. The summed E-state index contributed by atoms with van der Waals surface area (Å²) >= 11 is 0. The lowest BCUT2D eigenvalue weighted by Crippen LogP contribution is -2.46. The van der Waals surface area contributed by atoms with Gasteiger partial charge in [0.15, 0.2) is 0 Å². The van der Waals surface area contributed by atoms with Gasteiger partial charge in [-0.1, -0.05) is 6.92 Å². The summed E-state index contributed by atoms with van der Waals surface area (Å²) < 4.78 is 12.8. The average molecular weight is 552 g/mol. The van der Waals surface area contributed by atoms with Gasteiger partial charge in [-0.2, -0.15) is 0 Å². The Kier molecular flexibility index (Phi) is 7.50. The molecule has 5 aromatic rings. The number of nitrogens with one attached hydrogen (secondary N) is 2. The normalized spacial score (nSPS) is 13.8. The SMILES string of the molecule is CCN1CCN(c2ccc(Nc3cc(-n4c(Nc5cc(OC)cc(OC)c5)nc5ccncc54)ncn3)cc2)CC1. The summed E-state index contributed by atoms with van der Waals surface area (Å²) in [6.45, 7) is 7.61. The first-order chi connectivity index (χ1) is 20.1. The van der Waals surface area contributed by atoms with Gasteiger partial charge in [0.1, 0.15) is 29.5 Å². The van der Waals surface area contributed by atoms with Crippen LogP contribution in [-0.2, 0) is 0 Å². The van der Waals surface area contributed by atoms with Crippen LogP contribution in [0.15, 0.2) is 73.3 Å². The topological polar surface area (TPSA) is 105 Å². The third kappa shape index (κ3) is 5.71. The molecule has 1 saturated heterocycles. The van der Waals surface area contributed by atoms with E-state index in [1.807, 2.05) is 34.9 Å². The van der Waals surface area contributed by atoms with E-state index < -0.39 is 0 Å². The molecular formula is C30H33N9O2. The highest BCUT2D eigenvalue weighted by Crippen LogP contribution is 2.31. The van der Waals surface area contributed by atoms with Gasteiger partial charge in [0.25, 0.3) is 0 Å². The highest BCUT2D eigenvalue weighted by Gasteiger charge is 2.17. The fraction of sp³-hybridized carbons (Fsp3) is 0.267. The Balaban J connectivity index is 1.27. The highest BCUT2D eigenvalue weighted by molar-refractivity contribution is 5.81. The van der Waals surface area contributed by atoms with Crippen LogP contribution in [0.3, 0.4) is 0 Å². The molecule has 0 unspecified atom stereocenters. The fourth-order valence-electron chi connectivity index (χ4n) is 5.01. The van der Waals surface area contributed by atoms with Crippen LogP contribution in [-0.4, -0.2) is 76.3 Å². The minimum Gasteiger partial charge on any atom is -0.497 e.